The van der Waals surface area contributed by atoms with Gasteiger partial charge in [-0.2, -0.15) is 18.1 Å². The van der Waals surface area contributed by atoms with Gasteiger partial charge in [0, 0.05) is 6.20 Å². The van der Waals surface area contributed by atoms with Crippen LogP contribution in [-0.4, -0.2) is 33.5 Å². The number of carbonyl (C=O) groups excluding carboxylic acids is 1. The Morgan fingerprint density at radius 1 is 1.17 bits per heavy atom. The van der Waals surface area contributed by atoms with Gasteiger partial charge in [-0.3, -0.25) is 0 Å². The predicted molar refractivity (Wildman–Crippen MR) is 102 cm³/mol. The Labute approximate surface area is 170 Å². The second kappa shape index (κ2) is 7.33. The van der Waals surface area contributed by atoms with Crippen LogP contribution in [0.5, 0.6) is 0 Å². The molecule has 4 rings (SSSR count). The van der Waals surface area contributed by atoms with Crippen molar-refractivity contribution in [1.82, 2.24) is 9.88 Å². The van der Waals surface area contributed by atoms with Crippen LogP contribution in [0, 0.1) is 6.92 Å². The standard InChI is InChI=1S/C21H17F3N4O2/c1-14-9-10-25-17(12-14)26-20(21(22,23)24)19(29)28(13-16-8-5-11-30-16)18(27-20)15-6-3-2-4-7-15/h2-12H,13H2,1H3,(H,25,26)/p+1/t20-/m0/s1. The minimum atomic E-state index is -4.96. The molecule has 0 saturated heterocycles. The molecule has 2 aromatic heterocycles. The van der Waals surface area contributed by atoms with Gasteiger partial charge in [-0.25, -0.2) is 14.8 Å². The highest BCUT2D eigenvalue weighted by molar-refractivity contribution is 6.11. The van der Waals surface area contributed by atoms with Gasteiger partial charge in [0.25, 0.3) is 5.84 Å². The van der Waals surface area contributed by atoms with Gasteiger partial charge in [-0.05, 0) is 48.9 Å². The van der Waals surface area contributed by atoms with E-state index < -0.39 is 17.7 Å². The highest BCUT2D eigenvalue weighted by Crippen LogP contribution is 2.33. The molecule has 1 atom stereocenters. The Hall–Kier alpha value is -3.62. The fraction of sp³-hybridized carbons (Fsp3) is 0.190. The summed E-state index contributed by atoms with van der Waals surface area (Å²) in [5, 5.41) is 2.30. The van der Waals surface area contributed by atoms with Gasteiger partial charge in [-0.15, -0.1) is 0 Å². The van der Waals surface area contributed by atoms with E-state index in [-0.39, 0.29) is 18.2 Å². The zero-order valence-electron chi connectivity index (χ0n) is 15.9. The summed E-state index contributed by atoms with van der Waals surface area (Å²) in [7, 11) is 0. The number of hydrogen-bond acceptors (Lipinski definition) is 4. The van der Waals surface area contributed by atoms with E-state index >= 15 is 0 Å². The Balaban J connectivity index is 1.84. The highest BCUT2D eigenvalue weighted by atomic mass is 19.4. The zero-order chi connectivity index (χ0) is 21.4. The lowest BCUT2D eigenvalue weighted by atomic mass is 10.1. The maximum Gasteiger partial charge on any atom is 0.465 e. The number of aryl methyl sites for hydroxylation is 1. The van der Waals surface area contributed by atoms with E-state index in [1.165, 1.54) is 18.5 Å². The normalized spacial score (nSPS) is 19.1. The number of furan rings is 1. The second-order valence-corrected chi connectivity index (χ2v) is 6.90. The summed E-state index contributed by atoms with van der Waals surface area (Å²) in [6, 6.07) is 14.7. The molecule has 0 saturated carbocycles. The quantitative estimate of drug-likeness (QED) is 0.671. The number of alkyl halides is 3. The third-order valence-electron chi connectivity index (χ3n) is 4.74. The molecule has 3 heterocycles. The first-order chi connectivity index (χ1) is 14.3. The third kappa shape index (κ3) is 3.42. The number of nitrogens with one attached hydrogen (secondary N) is 2. The average Bonchev–Trinajstić information content (AvgIpc) is 3.31. The van der Waals surface area contributed by atoms with E-state index in [0.717, 1.165) is 4.90 Å². The summed E-state index contributed by atoms with van der Waals surface area (Å²) >= 11 is 0. The Bertz CT molecular complexity index is 1080. The largest absolute Gasteiger partial charge is 0.465 e. The lowest BCUT2D eigenvalue weighted by Crippen LogP contribution is -2.94. The summed E-state index contributed by atoms with van der Waals surface area (Å²) in [4.78, 5) is 20.7. The topological polar surface area (TPSA) is 72.3 Å². The van der Waals surface area contributed by atoms with Crippen LogP contribution in [0.15, 0.2) is 71.5 Å². The molecule has 30 heavy (non-hydrogen) atoms. The highest BCUT2D eigenvalue weighted by Gasteiger charge is 2.72. The second-order valence-electron chi connectivity index (χ2n) is 6.90. The lowest BCUT2D eigenvalue weighted by molar-refractivity contribution is -0.566. The van der Waals surface area contributed by atoms with E-state index in [4.69, 9.17) is 4.42 Å². The van der Waals surface area contributed by atoms with Crippen molar-refractivity contribution >= 4 is 17.6 Å². The summed E-state index contributed by atoms with van der Waals surface area (Å²) in [5.74, 6) is -0.895. The van der Waals surface area contributed by atoms with Gasteiger partial charge in [0.1, 0.15) is 11.6 Å². The summed E-state index contributed by atoms with van der Waals surface area (Å²) < 4.78 is 48.3. The van der Waals surface area contributed by atoms with Crippen LogP contribution in [0.2, 0.25) is 0 Å². The van der Waals surface area contributed by atoms with Crippen molar-refractivity contribution in [2.24, 2.45) is 0 Å². The molecule has 0 radical (unpaired) electrons. The smallest absolute Gasteiger partial charge is 0.465 e. The molecule has 154 valence electrons. The molecule has 2 N–H and O–H groups in total. The van der Waals surface area contributed by atoms with Crippen molar-refractivity contribution in [2.75, 3.05) is 5.32 Å². The van der Waals surface area contributed by atoms with Crippen LogP contribution in [0.25, 0.3) is 0 Å². The molecule has 3 aromatic rings. The van der Waals surface area contributed by atoms with Crippen molar-refractivity contribution < 1.29 is 27.4 Å². The molecule has 1 amide bonds. The molecule has 0 spiro atoms. The van der Waals surface area contributed by atoms with Gasteiger partial charge in [0.15, 0.2) is 6.54 Å². The number of benzene rings is 1. The summed E-state index contributed by atoms with van der Waals surface area (Å²) in [5.41, 5.74) is -1.94. The molecule has 1 aliphatic rings. The minimum absolute atomic E-state index is 0.0227. The first-order valence-corrected chi connectivity index (χ1v) is 9.13. The van der Waals surface area contributed by atoms with Gasteiger partial charge in [0.2, 0.25) is 0 Å². The molecule has 6 nitrogen and oxygen atoms in total. The molecule has 0 bridgehead atoms. The zero-order valence-corrected chi connectivity index (χ0v) is 15.9. The Morgan fingerprint density at radius 3 is 2.57 bits per heavy atom. The van der Waals surface area contributed by atoms with E-state index in [0.29, 0.717) is 16.9 Å². The number of rotatable bonds is 5. The summed E-state index contributed by atoms with van der Waals surface area (Å²) in [6.45, 7) is 1.56. The fourth-order valence-electron chi connectivity index (χ4n) is 3.28. The van der Waals surface area contributed by atoms with Crippen molar-refractivity contribution in [1.29, 1.82) is 0 Å². The van der Waals surface area contributed by atoms with Crippen molar-refractivity contribution in [2.45, 2.75) is 25.3 Å². The van der Waals surface area contributed by atoms with Crippen molar-refractivity contribution in [3.63, 3.8) is 0 Å². The number of pyridine rings is 1. The van der Waals surface area contributed by atoms with Crippen LogP contribution in [0.3, 0.4) is 0 Å². The van der Waals surface area contributed by atoms with Crippen molar-refractivity contribution in [3.05, 3.63) is 83.9 Å². The van der Waals surface area contributed by atoms with Crippen LogP contribution in [0.1, 0.15) is 16.9 Å². The maximum atomic E-state index is 14.4. The Kier molecular flexibility index (Phi) is 4.81. The number of anilines is 1. The van der Waals surface area contributed by atoms with E-state index in [1.807, 2.05) is 0 Å². The van der Waals surface area contributed by atoms with Gasteiger partial charge in [-0.1, -0.05) is 18.2 Å². The number of hydrogen-bond donors (Lipinski definition) is 2. The summed E-state index contributed by atoms with van der Waals surface area (Å²) in [6.07, 6.45) is -2.19. The number of carbonyl (C=O) groups is 1. The van der Waals surface area contributed by atoms with Crippen molar-refractivity contribution in [3.8, 4) is 0 Å². The molecular formula is C21H18F3N4O2+. The fourth-order valence-corrected chi connectivity index (χ4v) is 3.28. The van der Waals surface area contributed by atoms with Crippen LogP contribution < -0.4 is 10.3 Å². The Morgan fingerprint density at radius 2 is 1.93 bits per heavy atom. The molecule has 0 aliphatic carbocycles. The first-order valence-electron chi connectivity index (χ1n) is 9.13. The number of nitrogens with zero attached hydrogens (tertiary/aromatic N) is 2. The number of amidine groups is 1. The molecule has 9 heteroatoms. The minimum Gasteiger partial charge on any atom is -0.465 e. The number of amides is 1. The lowest BCUT2D eigenvalue weighted by Gasteiger charge is -2.25. The molecular weight excluding hydrogens is 397 g/mol. The monoisotopic (exact) mass is 415 g/mol. The molecule has 1 aromatic carbocycles. The van der Waals surface area contributed by atoms with E-state index in [2.05, 4.69) is 15.3 Å². The van der Waals surface area contributed by atoms with Crippen LogP contribution in [-0.2, 0) is 11.3 Å². The van der Waals surface area contributed by atoms with E-state index in [1.54, 1.807) is 55.5 Å². The third-order valence-corrected chi connectivity index (χ3v) is 4.74. The number of halogens is 3. The first kappa shape index (κ1) is 19.7. The predicted octanol–water partition coefficient (Wildman–Crippen LogP) is 2.22. The molecule has 0 fully saturated rings. The van der Waals surface area contributed by atoms with Gasteiger partial charge >= 0.3 is 17.7 Å². The molecule has 0 unspecified atom stereocenters. The maximum absolute atomic E-state index is 14.4. The van der Waals surface area contributed by atoms with Crippen LogP contribution >= 0.6 is 0 Å². The number of aromatic nitrogens is 1. The van der Waals surface area contributed by atoms with Gasteiger partial charge < -0.3 is 9.73 Å². The van der Waals surface area contributed by atoms with Crippen LogP contribution in [0.4, 0.5) is 19.0 Å². The SMILES string of the molecule is Cc1ccnc(N[C@]2(C(F)(F)F)[NH+]=C(c3ccccc3)N(Cc3ccco3)C2=O)c1. The molecule has 1 aliphatic heterocycles. The average molecular weight is 415 g/mol. The van der Waals surface area contributed by atoms with E-state index in [9.17, 15) is 18.0 Å². The van der Waals surface area contributed by atoms with Gasteiger partial charge in [0.05, 0.1) is 11.8 Å².